The minimum absolute atomic E-state index is 0.143. The van der Waals surface area contributed by atoms with Crippen LogP contribution in [0.3, 0.4) is 0 Å². The van der Waals surface area contributed by atoms with Crippen molar-refractivity contribution in [3.8, 4) is 0 Å². The van der Waals surface area contributed by atoms with E-state index < -0.39 is 6.10 Å². The molecule has 0 bridgehead atoms. The quantitative estimate of drug-likeness (QED) is 0.336. The Bertz CT molecular complexity index is 646. The van der Waals surface area contributed by atoms with E-state index in [0.717, 1.165) is 44.5 Å². The second-order valence-corrected chi connectivity index (χ2v) is 11.1. The number of nitrogens with zero attached hydrogens (tertiary/aromatic N) is 1. The van der Waals surface area contributed by atoms with Crippen molar-refractivity contribution < 1.29 is 19.7 Å². The van der Waals surface area contributed by atoms with Crippen molar-refractivity contribution >= 4 is 17.7 Å². The SMILES string of the molecule is CCCC[C@H](C)C[C@H](O)C=C[C@@H]1[C@H]2CC(CCSCC(=O)N3CCOCC3)=C[C@H]2C[C@H]1O. The van der Waals surface area contributed by atoms with Crippen LogP contribution in [-0.2, 0) is 9.53 Å². The molecule has 0 aromatic rings. The van der Waals surface area contributed by atoms with Gasteiger partial charge in [0.1, 0.15) is 0 Å². The lowest BCUT2D eigenvalue weighted by Gasteiger charge is -2.26. The van der Waals surface area contributed by atoms with Crippen LogP contribution in [0.5, 0.6) is 0 Å². The normalized spacial score (nSPS) is 29.9. The third-order valence-corrected chi connectivity index (χ3v) is 8.30. The van der Waals surface area contributed by atoms with Gasteiger partial charge in [0, 0.05) is 19.0 Å². The number of thioether (sulfide) groups is 1. The van der Waals surface area contributed by atoms with E-state index in [9.17, 15) is 15.0 Å². The molecule has 1 saturated carbocycles. The minimum Gasteiger partial charge on any atom is -0.392 e. The fourth-order valence-electron chi connectivity index (χ4n) is 5.48. The van der Waals surface area contributed by atoms with E-state index in [1.165, 1.54) is 24.8 Å². The molecule has 2 aliphatic carbocycles. The summed E-state index contributed by atoms with van der Waals surface area (Å²) in [6, 6.07) is 0. The molecule has 0 aromatic carbocycles. The van der Waals surface area contributed by atoms with Crippen molar-refractivity contribution in [3.63, 3.8) is 0 Å². The Morgan fingerprint density at radius 3 is 2.91 bits per heavy atom. The molecule has 3 aliphatic rings. The van der Waals surface area contributed by atoms with Gasteiger partial charge in [-0.1, -0.05) is 56.9 Å². The van der Waals surface area contributed by atoms with Gasteiger partial charge in [-0.15, -0.1) is 0 Å². The van der Waals surface area contributed by atoms with Gasteiger partial charge < -0.3 is 19.8 Å². The lowest BCUT2D eigenvalue weighted by molar-refractivity contribution is -0.132. The molecule has 6 atom stereocenters. The molecule has 5 nitrogen and oxygen atoms in total. The first-order valence-corrected chi connectivity index (χ1v) is 13.8. The number of ether oxygens (including phenoxy) is 1. The summed E-state index contributed by atoms with van der Waals surface area (Å²) in [4.78, 5) is 14.2. The molecule has 1 amide bonds. The Balaban J connectivity index is 1.38. The zero-order chi connectivity index (χ0) is 22.9. The van der Waals surface area contributed by atoms with Crippen molar-refractivity contribution in [1.29, 1.82) is 0 Å². The van der Waals surface area contributed by atoms with Gasteiger partial charge in [-0.05, 0) is 49.2 Å². The molecular weight excluding hydrogens is 422 g/mol. The number of fused-ring (bicyclic) bond motifs is 1. The number of carbonyl (C=O) groups is 1. The Morgan fingerprint density at radius 2 is 2.16 bits per heavy atom. The summed E-state index contributed by atoms with van der Waals surface area (Å²) in [6.07, 6.45) is 13.0. The maximum atomic E-state index is 12.3. The van der Waals surface area contributed by atoms with E-state index in [4.69, 9.17) is 4.74 Å². The van der Waals surface area contributed by atoms with Crippen molar-refractivity contribution in [2.24, 2.45) is 23.7 Å². The number of rotatable bonds is 12. The van der Waals surface area contributed by atoms with Crippen LogP contribution >= 0.6 is 11.8 Å². The molecule has 1 saturated heterocycles. The smallest absolute Gasteiger partial charge is 0.232 e. The maximum absolute atomic E-state index is 12.3. The second kappa shape index (κ2) is 13.2. The van der Waals surface area contributed by atoms with E-state index in [2.05, 4.69) is 26.0 Å². The third-order valence-electron chi connectivity index (χ3n) is 7.36. The van der Waals surface area contributed by atoms with Gasteiger partial charge in [0.25, 0.3) is 0 Å². The molecule has 0 radical (unpaired) electrons. The van der Waals surface area contributed by atoms with Gasteiger partial charge in [0.05, 0.1) is 31.2 Å². The van der Waals surface area contributed by atoms with Gasteiger partial charge in [-0.25, -0.2) is 0 Å². The predicted molar refractivity (Wildman–Crippen MR) is 132 cm³/mol. The summed E-state index contributed by atoms with van der Waals surface area (Å²) in [5.74, 6) is 3.34. The number of allylic oxidation sites excluding steroid dienone is 2. The van der Waals surface area contributed by atoms with Crippen LogP contribution in [-0.4, -0.2) is 71.0 Å². The number of hydrogen-bond acceptors (Lipinski definition) is 5. The predicted octanol–water partition coefficient (Wildman–Crippen LogP) is 4.05. The monoisotopic (exact) mass is 465 g/mol. The summed E-state index contributed by atoms with van der Waals surface area (Å²) in [5.41, 5.74) is 1.48. The first-order valence-electron chi connectivity index (χ1n) is 12.6. The summed E-state index contributed by atoms with van der Waals surface area (Å²) < 4.78 is 5.31. The summed E-state index contributed by atoms with van der Waals surface area (Å²) >= 11 is 1.73. The molecule has 182 valence electrons. The molecule has 1 heterocycles. The van der Waals surface area contributed by atoms with Gasteiger partial charge >= 0.3 is 0 Å². The van der Waals surface area contributed by atoms with Crippen LogP contribution < -0.4 is 0 Å². The highest BCUT2D eigenvalue weighted by molar-refractivity contribution is 7.99. The topological polar surface area (TPSA) is 70.0 Å². The average Bonchev–Trinajstić information content (AvgIpc) is 3.30. The molecule has 32 heavy (non-hydrogen) atoms. The first kappa shape index (κ1) is 25.8. The third kappa shape index (κ3) is 7.61. The van der Waals surface area contributed by atoms with E-state index in [1.54, 1.807) is 11.8 Å². The zero-order valence-corrected chi connectivity index (χ0v) is 20.8. The Morgan fingerprint density at radius 1 is 1.38 bits per heavy atom. The van der Waals surface area contributed by atoms with Crippen molar-refractivity contribution in [2.45, 2.75) is 71.0 Å². The highest BCUT2D eigenvalue weighted by atomic mass is 32.2. The van der Waals surface area contributed by atoms with Crippen LogP contribution in [0.4, 0.5) is 0 Å². The number of morpholine rings is 1. The van der Waals surface area contributed by atoms with E-state index >= 15 is 0 Å². The number of aliphatic hydroxyl groups excluding tert-OH is 2. The molecule has 2 fully saturated rings. The number of aliphatic hydroxyl groups is 2. The van der Waals surface area contributed by atoms with E-state index in [1.807, 2.05) is 11.0 Å². The number of amides is 1. The van der Waals surface area contributed by atoms with Crippen molar-refractivity contribution in [3.05, 3.63) is 23.8 Å². The molecule has 3 rings (SSSR count). The molecular formula is C26H43NO4S. The van der Waals surface area contributed by atoms with Crippen LogP contribution in [0.15, 0.2) is 23.8 Å². The van der Waals surface area contributed by atoms with Crippen LogP contribution in [0.2, 0.25) is 0 Å². The molecule has 0 spiro atoms. The van der Waals surface area contributed by atoms with Gasteiger partial charge in [-0.2, -0.15) is 11.8 Å². The standard InChI is InChI=1S/C26H43NO4S/c1-3-4-5-19(2)14-22(28)6-7-23-24-16-20(15-21(24)17-25(23)29)8-13-32-18-26(30)27-9-11-31-12-10-27/h6-7,15,19,21-25,28-29H,3-5,8-14,16-18H2,1-2H3/t19-,21-,22+,23+,24-,25+/m0/s1. The fourth-order valence-corrected chi connectivity index (χ4v) is 6.38. The Kier molecular flexibility index (Phi) is 10.6. The first-order chi connectivity index (χ1) is 15.5. The molecule has 0 aromatic heterocycles. The zero-order valence-electron chi connectivity index (χ0n) is 20.0. The van der Waals surface area contributed by atoms with Gasteiger partial charge in [0.2, 0.25) is 5.91 Å². The molecule has 0 unspecified atom stereocenters. The van der Waals surface area contributed by atoms with E-state index in [-0.39, 0.29) is 17.9 Å². The van der Waals surface area contributed by atoms with Crippen LogP contribution in [0, 0.1) is 23.7 Å². The average molecular weight is 466 g/mol. The van der Waals surface area contributed by atoms with Crippen LogP contribution in [0.1, 0.15) is 58.8 Å². The lowest BCUT2D eigenvalue weighted by atomic mass is 9.88. The lowest BCUT2D eigenvalue weighted by Crippen LogP contribution is -2.41. The summed E-state index contributed by atoms with van der Waals surface area (Å²) in [5, 5.41) is 21.0. The highest BCUT2D eigenvalue weighted by Crippen LogP contribution is 2.48. The molecule has 6 heteroatoms. The second-order valence-electron chi connectivity index (χ2n) is 9.97. The van der Waals surface area contributed by atoms with Gasteiger partial charge in [0.15, 0.2) is 0 Å². The van der Waals surface area contributed by atoms with Gasteiger partial charge in [-0.3, -0.25) is 4.79 Å². The van der Waals surface area contributed by atoms with Crippen LogP contribution in [0.25, 0.3) is 0 Å². The highest BCUT2D eigenvalue weighted by Gasteiger charge is 2.43. The maximum Gasteiger partial charge on any atom is 0.232 e. The molecule has 1 aliphatic heterocycles. The van der Waals surface area contributed by atoms with Crippen molar-refractivity contribution in [2.75, 3.05) is 37.8 Å². The largest absolute Gasteiger partial charge is 0.392 e. The number of carbonyl (C=O) groups excluding carboxylic acids is 1. The molecule has 2 N–H and O–H groups in total. The minimum atomic E-state index is -0.414. The Hall–Kier alpha value is -0.820. The summed E-state index contributed by atoms with van der Waals surface area (Å²) in [7, 11) is 0. The summed E-state index contributed by atoms with van der Waals surface area (Å²) in [6.45, 7) is 7.17. The Labute approximate surface area is 198 Å². The number of hydrogen-bond donors (Lipinski definition) is 2. The van der Waals surface area contributed by atoms with E-state index in [0.29, 0.717) is 36.7 Å². The fraction of sp³-hybridized carbons (Fsp3) is 0.808. The number of unbranched alkanes of at least 4 members (excludes halogenated alkanes) is 1. The van der Waals surface area contributed by atoms with Crippen molar-refractivity contribution in [1.82, 2.24) is 4.90 Å².